The van der Waals surface area contributed by atoms with Crippen LogP contribution in [0.4, 0.5) is 13.2 Å². The maximum atomic E-state index is 13.0. The van der Waals surface area contributed by atoms with Crippen molar-refractivity contribution in [3.05, 3.63) is 64.5 Å². The number of hydrogen-bond acceptors (Lipinski definition) is 4. The lowest BCUT2D eigenvalue weighted by molar-refractivity contribution is -0.137. The number of aromatic nitrogens is 1. The lowest BCUT2D eigenvalue weighted by Gasteiger charge is -2.32. The van der Waals surface area contributed by atoms with Crippen LogP contribution in [-0.4, -0.2) is 48.1 Å². The van der Waals surface area contributed by atoms with Gasteiger partial charge in [-0.1, -0.05) is 18.2 Å². The Morgan fingerprint density at radius 2 is 1.97 bits per heavy atom. The number of alkyl halides is 3. The molecule has 5 nitrogen and oxygen atoms in total. The Kier molecular flexibility index (Phi) is 7.34. The highest BCUT2D eigenvalue weighted by atomic mass is 19.4. The molecule has 2 aliphatic heterocycles. The molecular weight excluding hydrogens is 431 g/mol. The third kappa shape index (κ3) is 6.12. The summed E-state index contributed by atoms with van der Waals surface area (Å²) < 4.78 is 44.6. The minimum atomic E-state index is -4.33. The third-order valence-corrected chi connectivity index (χ3v) is 6.46. The summed E-state index contributed by atoms with van der Waals surface area (Å²) in [5, 5.41) is 2.99. The van der Waals surface area contributed by atoms with Crippen molar-refractivity contribution in [1.29, 1.82) is 0 Å². The fourth-order valence-corrected chi connectivity index (χ4v) is 4.66. The van der Waals surface area contributed by atoms with Gasteiger partial charge in [-0.05, 0) is 69.5 Å². The molecule has 8 heteroatoms. The molecule has 2 aliphatic rings. The molecule has 3 heterocycles. The molecule has 1 aromatic heterocycles. The summed E-state index contributed by atoms with van der Waals surface area (Å²) in [4.78, 5) is 19.8. The van der Waals surface area contributed by atoms with Crippen LogP contribution in [0.5, 0.6) is 0 Å². The quantitative estimate of drug-likeness (QED) is 0.678. The average Bonchev–Trinajstić information content (AvgIpc) is 3.31. The van der Waals surface area contributed by atoms with E-state index in [4.69, 9.17) is 9.72 Å². The standard InChI is InChI=1S/C25H30F3N3O2/c1-17-7-8-22(24(32)29-15-21-6-3-13-33-21)23(30-17)19-9-11-31(12-10-19)16-18-4-2-5-20(14-18)25(26,27)28/h2,4-5,7-8,14,19,21H,3,6,9-13,15-16H2,1H3,(H,29,32)/t21-/m1/s1. The number of nitrogens with one attached hydrogen (secondary N) is 1. The summed E-state index contributed by atoms with van der Waals surface area (Å²) in [6.07, 6.45) is -0.653. The van der Waals surface area contributed by atoms with Crippen molar-refractivity contribution >= 4 is 5.91 Å². The molecular formula is C25H30F3N3O2. The number of amides is 1. The van der Waals surface area contributed by atoms with E-state index in [2.05, 4.69) is 10.2 Å². The first-order valence-electron chi connectivity index (χ1n) is 11.6. The van der Waals surface area contributed by atoms with Crippen LogP contribution >= 0.6 is 0 Å². The molecule has 2 fully saturated rings. The van der Waals surface area contributed by atoms with E-state index in [1.54, 1.807) is 6.07 Å². The highest BCUT2D eigenvalue weighted by Crippen LogP contribution is 2.32. The van der Waals surface area contributed by atoms with E-state index in [1.165, 1.54) is 12.1 Å². The Morgan fingerprint density at radius 3 is 2.67 bits per heavy atom. The number of halogens is 3. The van der Waals surface area contributed by atoms with Gasteiger partial charge in [0.25, 0.3) is 5.91 Å². The molecule has 0 spiro atoms. The van der Waals surface area contributed by atoms with Gasteiger partial charge < -0.3 is 10.1 Å². The van der Waals surface area contributed by atoms with Crippen molar-refractivity contribution in [3.63, 3.8) is 0 Å². The number of piperidine rings is 1. The lowest BCUT2D eigenvalue weighted by Crippen LogP contribution is -2.35. The number of rotatable bonds is 6. The monoisotopic (exact) mass is 461 g/mol. The molecule has 0 bridgehead atoms. The van der Waals surface area contributed by atoms with E-state index in [0.717, 1.165) is 62.8 Å². The van der Waals surface area contributed by atoms with Crippen LogP contribution in [0, 0.1) is 6.92 Å². The second-order valence-corrected chi connectivity index (χ2v) is 8.98. The molecule has 2 aromatic rings. The number of hydrogen-bond donors (Lipinski definition) is 1. The maximum absolute atomic E-state index is 13.0. The van der Waals surface area contributed by atoms with Crippen molar-refractivity contribution in [2.45, 2.75) is 57.3 Å². The predicted molar refractivity (Wildman–Crippen MR) is 119 cm³/mol. The van der Waals surface area contributed by atoms with Gasteiger partial charge in [-0.3, -0.25) is 14.7 Å². The van der Waals surface area contributed by atoms with E-state index in [1.807, 2.05) is 19.1 Å². The van der Waals surface area contributed by atoms with Gasteiger partial charge in [-0.15, -0.1) is 0 Å². The van der Waals surface area contributed by atoms with Crippen molar-refractivity contribution < 1.29 is 22.7 Å². The van der Waals surface area contributed by atoms with Crippen molar-refractivity contribution in [2.75, 3.05) is 26.2 Å². The Morgan fingerprint density at radius 1 is 1.18 bits per heavy atom. The van der Waals surface area contributed by atoms with E-state index in [9.17, 15) is 18.0 Å². The van der Waals surface area contributed by atoms with Gasteiger partial charge in [0.1, 0.15) is 0 Å². The molecule has 0 aliphatic carbocycles. The highest BCUT2D eigenvalue weighted by molar-refractivity contribution is 5.95. The van der Waals surface area contributed by atoms with Gasteiger partial charge in [0, 0.05) is 31.3 Å². The van der Waals surface area contributed by atoms with E-state index < -0.39 is 11.7 Å². The molecule has 4 rings (SSSR count). The van der Waals surface area contributed by atoms with Gasteiger partial charge in [0.05, 0.1) is 22.9 Å². The number of carbonyl (C=O) groups excluding carboxylic acids is 1. The number of likely N-dealkylation sites (tertiary alicyclic amines) is 1. The molecule has 2 saturated heterocycles. The second kappa shape index (κ2) is 10.2. The first kappa shape index (κ1) is 23.7. The van der Waals surface area contributed by atoms with Crippen LogP contribution in [0.1, 0.15) is 64.5 Å². The fraction of sp³-hybridized carbons (Fsp3) is 0.520. The number of pyridine rings is 1. The zero-order chi connectivity index (χ0) is 23.4. The largest absolute Gasteiger partial charge is 0.416 e. The molecule has 178 valence electrons. The summed E-state index contributed by atoms with van der Waals surface area (Å²) in [5.41, 5.74) is 2.34. The summed E-state index contributed by atoms with van der Waals surface area (Å²) >= 11 is 0. The number of benzene rings is 1. The zero-order valence-corrected chi connectivity index (χ0v) is 18.8. The Labute approximate surface area is 192 Å². The maximum Gasteiger partial charge on any atom is 0.416 e. The number of nitrogens with zero attached hydrogens (tertiary/aromatic N) is 2. The first-order chi connectivity index (χ1) is 15.8. The number of ether oxygens (including phenoxy) is 1. The molecule has 1 aromatic carbocycles. The van der Waals surface area contributed by atoms with E-state index >= 15 is 0 Å². The van der Waals surface area contributed by atoms with Gasteiger partial charge in [-0.25, -0.2) is 0 Å². The molecule has 0 unspecified atom stereocenters. The molecule has 1 amide bonds. The molecule has 0 saturated carbocycles. The number of aryl methyl sites for hydroxylation is 1. The summed E-state index contributed by atoms with van der Waals surface area (Å²) in [5.74, 6) is 0.0190. The smallest absolute Gasteiger partial charge is 0.376 e. The van der Waals surface area contributed by atoms with Crippen LogP contribution in [0.25, 0.3) is 0 Å². The minimum Gasteiger partial charge on any atom is -0.376 e. The average molecular weight is 462 g/mol. The number of carbonyl (C=O) groups is 1. The summed E-state index contributed by atoms with van der Waals surface area (Å²) in [6.45, 7) is 5.13. The van der Waals surface area contributed by atoms with Crippen molar-refractivity contribution in [1.82, 2.24) is 15.2 Å². The first-order valence-corrected chi connectivity index (χ1v) is 11.6. The van der Waals surface area contributed by atoms with Gasteiger partial charge in [0.15, 0.2) is 0 Å². The third-order valence-electron chi connectivity index (χ3n) is 6.46. The minimum absolute atomic E-state index is 0.0786. The highest BCUT2D eigenvalue weighted by Gasteiger charge is 2.31. The fourth-order valence-electron chi connectivity index (χ4n) is 4.66. The summed E-state index contributed by atoms with van der Waals surface area (Å²) in [7, 11) is 0. The van der Waals surface area contributed by atoms with E-state index in [-0.39, 0.29) is 17.9 Å². The molecule has 1 N–H and O–H groups in total. The van der Waals surface area contributed by atoms with Crippen LogP contribution in [0.15, 0.2) is 36.4 Å². The SMILES string of the molecule is Cc1ccc(C(=O)NC[C@H]2CCCO2)c(C2CCN(Cc3cccc(C(F)(F)F)c3)CC2)n1. The molecule has 1 atom stereocenters. The van der Waals surface area contributed by atoms with Crippen LogP contribution in [0.2, 0.25) is 0 Å². The van der Waals surface area contributed by atoms with Gasteiger partial charge >= 0.3 is 6.18 Å². The van der Waals surface area contributed by atoms with Crippen molar-refractivity contribution in [3.8, 4) is 0 Å². The lowest BCUT2D eigenvalue weighted by atomic mass is 9.89. The Hall–Kier alpha value is -2.45. The predicted octanol–water partition coefficient (Wildman–Crippen LogP) is 4.70. The van der Waals surface area contributed by atoms with Gasteiger partial charge in [0.2, 0.25) is 0 Å². The van der Waals surface area contributed by atoms with Crippen LogP contribution < -0.4 is 5.32 Å². The summed E-state index contributed by atoms with van der Waals surface area (Å²) in [6, 6.07) is 9.23. The van der Waals surface area contributed by atoms with E-state index in [0.29, 0.717) is 24.2 Å². The zero-order valence-electron chi connectivity index (χ0n) is 18.8. The van der Waals surface area contributed by atoms with Crippen LogP contribution in [0.3, 0.4) is 0 Å². The second-order valence-electron chi connectivity index (χ2n) is 8.98. The molecule has 0 radical (unpaired) electrons. The van der Waals surface area contributed by atoms with Crippen molar-refractivity contribution in [2.24, 2.45) is 0 Å². The normalized spacial score (nSPS) is 20.2. The topological polar surface area (TPSA) is 54.5 Å². The Bertz CT molecular complexity index is 966. The molecule has 33 heavy (non-hydrogen) atoms. The van der Waals surface area contributed by atoms with Gasteiger partial charge in [-0.2, -0.15) is 13.2 Å². The van der Waals surface area contributed by atoms with Crippen LogP contribution in [-0.2, 0) is 17.5 Å². The Balaban J connectivity index is 1.38.